The lowest BCUT2D eigenvalue weighted by Crippen LogP contribution is -2.53. The van der Waals surface area contributed by atoms with E-state index >= 15 is 0 Å². The summed E-state index contributed by atoms with van der Waals surface area (Å²) < 4.78 is 15.4. The Morgan fingerprint density at radius 1 is 0.878 bits per heavy atom. The minimum absolute atomic E-state index is 0.0423. The summed E-state index contributed by atoms with van der Waals surface area (Å²) >= 11 is 0. The molecule has 2 atom stereocenters. The van der Waals surface area contributed by atoms with E-state index in [0.29, 0.717) is 0 Å². The highest BCUT2D eigenvalue weighted by atomic mass is 16.6. The molecule has 0 saturated carbocycles. The summed E-state index contributed by atoms with van der Waals surface area (Å²) in [7, 11) is 1.25. The molecule has 2 aromatic carbocycles. The van der Waals surface area contributed by atoms with E-state index in [1.54, 1.807) is 0 Å². The van der Waals surface area contributed by atoms with E-state index in [4.69, 9.17) is 14.2 Å². The van der Waals surface area contributed by atoms with Gasteiger partial charge in [-0.1, -0.05) is 73.8 Å². The largest absolute Gasteiger partial charge is 0.480 e. The number of carboxylic acid groups (broad SMARTS) is 1. The summed E-state index contributed by atoms with van der Waals surface area (Å²) in [5.41, 5.74) is 4.04. The van der Waals surface area contributed by atoms with Gasteiger partial charge in [0.1, 0.15) is 31.9 Å². The van der Waals surface area contributed by atoms with Crippen molar-refractivity contribution in [2.75, 3.05) is 26.9 Å². The van der Waals surface area contributed by atoms with Gasteiger partial charge in [-0.2, -0.15) is 0 Å². The average molecular weight is 565 g/mol. The van der Waals surface area contributed by atoms with Crippen molar-refractivity contribution in [2.24, 2.45) is 0 Å². The van der Waals surface area contributed by atoms with Crippen molar-refractivity contribution in [1.82, 2.24) is 10.2 Å². The number of fused-ring (bicyclic) bond motifs is 3. The fourth-order valence-electron chi connectivity index (χ4n) is 4.44. The van der Waals surface area contributed by atoms with Crippen LogP contribution in [0.3, 0.4) is 0 Å². The van der Waals surface area contributed by atoms with Crippen LogP contribution in [-0.4, -0.2) is 78.9 Å². The van der Waals surface area contributed by atoms with Crippen molar-refractivity contribution in [2.45, 2.75) is 30.8 Å². The second kappa shape index (κ2) is 14.5. The Hall–Kier alpha value is -4.93. The van der Waals surface area contributed by atoms with Gasteiger partial charge in [-0.15, -0.1) is 0 Å². The maximum atomic E-state index is 13.2. The Kier molecular flexibility index (Phi) is 10.8. The second-order valence-electron chi connectivity index (χ2n) is 9.18. The number of esters is 2. The van der Waals surface area contributed by atoms with Gasteiger partial charge in [-0.25, -0.2) is 9.59 Å². The van der Waals surface area contributed by atoms with Crippen LogP contribution in [0.4, 0.5) is 4.79 Å². The number of rotatable bonds is 14. The van der Waals surface area contributed by atoms with Gasteiger partial charge in [-0.3, -0.25) is 19.3 Å². The standard InChI is InChI=1S/C30H32N2O9/c1-4-14-39-26(33)16-24(29(36)37)31-28(35)25(17-27(34)40-15-5-2)32(3)30(38)41-18-23-21-12-8-6-10-19(21)20-11-7-9-13-22(20)23/h4-13,23-25H,1-2,14-18H2,3H3,(H,31,35)(H,36,37)/t24-,25+/m0/s1. The van der Waals surface area contributed by atoms with Crippen molar-refractivity contribution in [1.29, 1.82) is 0 Å². The van der Waals surface area contributed by atoms with Crippen molar-refractivity contribution in [3.63, 3.8) is 0 Å². The molecule has 41 heavy (non-hydrogen) atoms. The summed E-state index contributed by atoms with van der Waals surface area (Å²) in [6.45, 7) is 6.55. The molecule has 0 radical (unpaired) electrons. The van der Waals surface area contributed by atoms with Crippen LogP contribution < -0.4 is 5.32 Å². The quantitative estimate of drug-likeness (QED) is 0.201. The molecule has 3 rings (SSSR count). The zero-order chi connectivity index (χ0) is 29.9. The normalized spacial score (nSPS) is 13.0. The Bertz CT molecular complexity index is 1280. The van der Waals surface area contributed by atoms with Crippen LogP contribution >= 0.6 is 0 Å². The second-order valence-corrected chi connectivity index (χ2v) is 9.18. The van der Waals surface area contributed by atoms with Crippen LogP contribution in [0, 0.1) is 0 Å². The SMILES string of the molecule is C=CCOC(=O)C[C@H](NC(=O)[C@@H](CC(=O)OCC=C)N(C)C(=O)OCC1c2ccccc2-c2ccccc21)C(=O)O. The van der Waals surface area contributed by atoms with E-state index < -0.39 is 54.8 Å². The first kappa shape index (κ1) is 30.6. The van der Waals surface area contributed by atoms with Crippen LogP contribution in [0.5, 0.6) is 0 Å². The molecule has 216 valence electrons. The molecule has 2 N–H and O–H groups in total. The zero-order valence-electron chi connectivity index (χ0n) is 22.6. The minimum atomic E-state index is -1.68. The highest BCUT2D eigenvalue weighted by Gasteiger charge is 2.35. The number of amides is 2. The molecule has 0 heterocycles. The molecule has 0 aromatic heterocycles. The van der Waals surface area contributed by atoms with Gasteiger partial charge in [0.05, 0.1) is 12.8 Å². The Balaban J connectivity index is 1.75. The van der Waals surface area contributed by atoms with Crippen molar-refractivity contribution < 1.29 is 43.3 Å². The topological polar surface area (TPSA) is 149 Å². The molecule has 11 nitrogen and oxygen atoms in total. The summed E-state index contributed by atoms with van der Waals surface area (Å²) in [4.78, 5) is 63.3. The summed E-state index contributed by atoms with van der Waals surface area (Å²) in [6, 6.07) is 12.3. The fraction of sp³-hybridized carbons (Fsp3) is 0.300. The van der Waals surface area contributed by atoms with Crippen LogP contribution in [0.1, 0.15) is 29.9 Å². The van der Waals surface area contributed by atoms with Crippen LogP contribution in [0.25, 0.3) is 11.1 Å². The first-order valence-corrected chi connectivity index (χ1v) is 12.8. The maximum absolute atomic E-state index is 13.2. The zero-order valence-corrected chi connectivity index (χ0v) is 22.6. The van der Waals surface area contributed by atoms with E-state index in [2.05, 4.69) is 18.5 Å². The number of nitrogens with zero attached hydrogens (tertiary/aromatic N) is 1. The van der Waals surface area contributed by atoms with E-state index in [9.17, 15) is 29.1 Å². The van der Waals surface area contributed by atoms with Gasteiger partial charge in [0.15, 0.2) is 0 Å². The number of ether oxygens (including phenoxy) is 3. The minimum Gasteiger partial charge on any atom is -0.480 e. The number of aliphatic carboxylic acids is 1. The maximum Gasteiger partial charge on any atom is 0.410 e. The number of carbonyl (C=O) groups excluding carboxylic acids is 4. The predicted molar refractivity (Wildman–Crippen MR) is 148 cm³/mol. The molecular weight excluding hydrogens is 532 g/mol. The molecule has 0 fully saturated rings. The first-order valence-electron chi connectivity index (χ1n) is 12.8. The molecule has 0 unspecified atom stereocenters. The lowest BCUT2D eigenvalue weighted by atomic mass is 9.98. The van der Waals surface area contributed by atoms with Crippen molar-refractivity contribution >= 4 is 29.9 Å². The average Bonchev–Trinajstić information content (AvgIpc) is 3.29. The van der Waals surface area contributed by atoms with Gasteiger partial charge in [-0.05, 0) is 22.3 Å². The lowest BCUT2D eigenvalue weighted by Gasteiger charge is -2.28. The predicted octanol–water partition coefficient (Wildman–Crippen LogP) is 3.04. The molecular formula is C30H32N2O9. The highest BCUT2D eigenvalue weighted by Crippen LogP contribution is 2.44. The third-order valence-corrected chi connectivity index (χ3v) is 6.46. The molecule has 2 amide bonds. The van der Waals surface area contributed by atoms with Crippen molar-refractivity contribution in [3.05, 3.63) is 85.0 Å². The Morgan fingerprint density at radius 3 is 1.90 bits per heavy atom. The monoisotopic (exact) mass is 564 g/mol. The Morgan fingerprint density at radius 2 is 1.39 bits per heavy atom. The van der Waals surface area contributed by atoms with E-state index in [1.807, 2.05) is 48.5 Å². The first-order chi connectivity index (χ1) is 19.7. The number of hydrogen-bond acceptors (Lipinski definition) is 8. The number of benzene rings is 2. The number of carbonyl (C=O) groups is 5. The van der Waals surface area contributed by atoms with Crippen LogP contribution in [0.2, 0.25) is 0 Å². The number of likely N-dealkylation sites (N-methyl/N-ethyl adjacent to an activating group) is 1. The van der Waals surface area contributed by atoms with Crippen LogP contribution in [0.15, 0.2) is 73.8 Å². The number of carboxylic acids is 1. The summed E-state index contributed by atoms with van der Waals surface area (Å²) in [5.74, 6) is -4.47. The molecule has 1 aliphatic rings. The summed E-state index contributed by atoms with van der Waals surface area (Å²) in [5, 5.41) is 11.7. The smallest absolute Gasteiger partial charge is 0.410 e. The molecule has 0 aliphatic heterocycles. The molecule has 0 bridgehead atoms. The van der Waals surface area contributed by atoms with Gasteiger partial charge in [0, 0.05) is 13.0 Å². The van der Waals surface area contributed by atoms with Crippen molar-refractivity contribution in [3.8, 4) is 11.1 Å². The number of nitrogens with one attached hydrogen (secondary N) is 1. The molecule has 0 saturated heterocycles. The van der Waals surface area contributed by atoms with Gasteiger partial charge < -0.3 is 24.6 Å². The van der Waals surface area contributed by atoms with Crippen LogP contribution in [-0.2, 0) is 33.4 Å². The Labute approximate surface area is 237 Å². The summed E-state index contributed by atoms with van der Waals surface area (Å²) in [6.07, 6.45) is 0.434. The van der Waals surface area contributed by atoms with Gasteiger partial charge in [0.25, 0.3) is 0 Å². The molecule has 1 aliphatic carbocycles. The fourth-order valence-corrected chi connectivity index (χ4v) is 4.44. The molecule has 11 heteroatoms. The third-order valence-electron chi connectivity index (χ3n) is 6.46. The van der Waals surface area contributed by atoms with E-state index in [-0.39, 0.29) is 25.7 Å². The van der Waals surface area contributed by atoms with Gasteiger partial charge in [0.2, 0.25) is 5.91 Å². The third kappa shape index (κ3) is 7.81. The molecule has 0 spiro atoms. The van der Waals surface area contributed by atoms with E-state index in [1.165, 1.54) is 19.2 Å². The highest BCUT2D eigenvalue weighted by molar-refractivity contribution is 5.93. The van der Waals surface area contributed by atoms with Gasteiger partial charge >= 0.3 is 24.0 Å². The lowest BCUT2D eigenvalue weighted by molar-refractivity contribution is -0.151. The molecule has 2 aromatic rings. The number of hydrogen-bond donors (Lipinski definition) is 2. The van der Waals surface area contributed by atoms with E-state index in [0.717, 1.165) is 27.2 Å².